The number of nitrogens with one attached hydrogen (secondary N) is 1. The van der Waals surface area contributed by atoms with E-state index in [9.17, 15) is 14.7 Å². The largest absolute Gasteiger partial charge is 0.504 e. The van der Waals surface area contributed by atoms with Crippen molar-refractivity contribution in [3.8, 4) is 17.2 Å². The number of carbonyl (C=O) groups is 2. The molecule has 7 heteroatoms. The van der Waals surface area contributed by atoms with Crippen molar-refractivity contribution in [2.24, 2.45) is 0 Å². The summed E-state index contributed by atoms with van der Waals surface area (Å²) >= 11 is 0. The molecule has 2 N–H and O–H groups in total. The Kier molecular flexibility index (Phi) is 7.91. The van der Waals surface area contributed by atoms with Gasteiger partial charge in [0.1, 0.15) is 12.4 Å². The maximum atomic E-state index is 13.9. The Hall–Kier alpha value is -4.52. The van der Waals surface area contributed by atoms with Gasteiger partial charge < -0.3 is 24.6 Å². The Balaban J connectivity index is 1.53. The van der Waals surface area contributed by atoms with E-state index < -0.39 is 11.9 Å². The molecule has 0 radical (unpaired) electrons. The fourth-order valence-electron chi connectivity index (χ4n) is 5.54. The quantitative estimate of drug-likeness (QED) is 0.344. The van der Waals surface area contributed by atoms with Crippen molar-refractivity contribution in [3.63, 3.8) is 0 Å². The third-order valence-electron chi connectivity index (χ3n) is 7.46. The molecule has 0 unspecified atom stereocenters. The lowest BCUT2D eigenvalue weighted by atomic mass is 9.71. The second kappa shape index (κ2) is 11.7. The highest BCUT2D eigenvalue weighted by molar-refractivity contribution is 6.04. The smallest absolute Gasteiger partial charge is 0.337 e. The molecule has 7 nitrogen and oxygen atoms in total. The van der Waals surface area contributed by atoms with Crippen molar-refractivity contribution in [1.82, 2.24) is 5.32 Å². The van der Waals surface area contributed by atoms with Gasteiger partial charge in [0.2, 0.25) is 0 Å². The third kappa shape index (κ3) is 5.45. The molecule has 0 aromatic heterocycles. The van der Waals surface area contributed by atoms with E-state index in [0.29, 0.717) is 47.6 Å². The molecule has 3 aromatic carbocycles. The predicted molar refractivity (Wildman–Crippen MR) is 151 cm³/mol. The number of rotatable bonds is 8. The second-order valence-electron chi connectivity index (χ2n) is 10.0. The fraction of sp³-hybridized carbons (Fsp3) is 0.273. The number of allylic oxidation sites excluding steroid dienone is 3. The van der Waals surface area contributed by atoms with Gasteiger partial charge in [0.15, 0.2) is 17.3 Å². The number of esters is 1. The van der Waals surface area contributed by atoms with Crippen molar-refractivity contribution < 1.29 is 28.9 Å². The van der Waals surface area contributed by atoms with Crippen molar-refractivity contribution in [2.45, 2.75) is 45.1 Å². The molecule has 0 fully saturated rings. The lowest BCUT2D eigenvalue weighted by molar-refractivity contribution is -0.140. The molecule has 1 aliphatic heterocycles. The van der Waals surface area contributed by atoms with Crippen LogP contribution < -0.4 is 14.8 Å². The zero-order chi connectivity index (χ0) is 28.2. The van der Waals surface area contributed by atoms with Gasteiger partial charge in [0.25, 0.3) is 0 Å². The average molecular weight is 540 g/mol. The highest BCUT2D eigenvalue weighted by Gasteiger charge is 2.41. The molecular formula is C33H33NO6. The van der Waals surface area contributed by atoms with E-state index in [1.54, 1.807) is 19.2 Å². The summed E-state index contributed by atoms with van der Waals surface area (Å²) in [7, 11) is 1.63. The highest BCUT2D eigenvalue weighted by atomic mass is 16.5. The van der Waals surface area contributed by atoms with Gasteiger partial charge in [-0.1, -0.05) is 48.5 Å². The van der Waals surface area contributed by atoms with Crippen LogP contribution in [0.3, 0.4) is 0 Å². The molecule has 2 atom stereocenters. The summed E-state index contributed by atoms with van der Waals surface area (Å²) in [5.74, 6) is -0.150. The van der Waals surface area contributed by atoms with E-state index in [1.807, 2.05) is 68.4 Å². The molecule has 0 saturated heterocycles. The molecule has 2 aliphatic rings. The van der Waals surface area contributed by atoms with Gasteiger partial charge in [-0.25, -0.2) is 4.79 Å². The molecule has 206 valence electrons. The number of benzene rings is 3. The van der Waals surface area contributed by atoms with Crippen molar-refractivity contribution in [3.05, 3.63) is 112 Å². The topological polar surface area (TPSA) is 94.1 Å². The van der Waals surface area contributed by atoms with Crippen LogP contribution >= 0.6 is 0 Å². The SMILES string of the molecule is CCOc1cc([C@@H]2C(C(=O)OCc3ccccc3)=C(C)NC3=C2C(=O)C[C@@H](c2ccc(OC)cc2)C3)ccc1O. The molecule has 0 amide bonds. The molecular weight excluding hydrogens is 506 g/mol. The Bertz CT molecular complexity index is 1470. The minimum atomic E-state index is -0.663. The molecule has 3 aromatic rings. The average Bonchev–Trinajstić information content (AvgIpc) is 2.97. The lowest BCUT2D eigenvalue weighted by Gasteiger charge is -2.36. The van der Waals surface area contributed by atoms with Crippen LogP contribution in [0.1, 0.15) is 55.2 Å². The molecule has 40 heavy (non-hydrogen) atoms. The molecule has 5 rings (SSSR count). The van der Waals surface area contributed by atoms with Gasteiger partial charge in [0, 0.05) is 29.3 Å². The zero-order valence-electron chi connectivity index (χ0n) is 22.9. The number of phenols is 1. The summed E-state index contributed by atoms with van der Waals surface area (Å²) in [4.78, 5) is 27.5. The van der Waals surface area contributed by atoms with Gasteiger partial charge in [-0.05, 0) is 67.1 Å². The summed E-state index contributed by atoms with van der Waals surface area (Å²) < 4.78 is 16.7. The number of hydrogen-bond acceptors (Lipinski definition) is 7. The van der Waals surface area contributed by atoms with Crippen molar-refractivity contribution in [1.29, 1.82) is 0 Å². The van der Waals surface area contributed by atoms with Crippen LogP contribution in [0.5, 0.6) is 17.2 Å². The van der Waals surface area contributed by atoms with Gasteiger partial charge >= 0.3 is 5.97 Å². The monoisotopic (exact) mass is 539 g/mol. The summed E-state index contributed by atoms with van der Waals surface area (Å²) in [5.41, 5.74) is 4.96. The normalized spacial score (nSPS) is 18.6. The minimum absolute atomic E-state index is 0.00261. The lowest BCUT2D eigenvalue weighted by Crippen LogP contribution is -2.36. The third-order valence-corrected chi connectivity index (χ3v) is 7.46. The number of phenolic OH excluding ortho intramolecular Hbond substituents is 1. The number of hydrogen-bond donors (Lipinski definition) is 2. The molecule has 0 bridgehead atoms. The number of ketones is 1. The first-order chi connectivity index (χ1) is 19.4. The van der Waals surface area contributed by atoms with E-state index in [4.69, 9.17) is 14.2 Å². The van der Waals surface area contributed by atoms with E-state index in [-0.39, 0.29) is 24.1 Å². The van der Waals surface area contributed by atoms with Crippen LogP contribution in [-0.2, 0) is 20.9 Å². The number of carbonyl (C=O) groups excluding carboxylic acids is 2. The molecule has 1 heterocycles. The number of methoxy groups -OCH3 is 1. The van der Waals surface area contributed by atoms with E-state index in [2.05, 4.69) is 5.32 Å². The van der Waals surface area contributed by atoms with Gasteiger partial charge in [-0.2, -0.15) is 0 Å². The summed E-state index contributed by atoms with van der Waals surface area (Å²) in [6.45, 7) is 4.14. The number of Topliss-reactive ketones (excluding diaryl/α,β-unsaturated/α-hetero) is 1. The Labute approximate surface area is 234 Å². The van der Waals surface area contributed by atoms with E-state index in [1.165, 1.54) is 6.07 Å². The number of aromatic hydroxyl groups is 1. The van der Waals surface area contributed by atoms with Crippen molar-refractivity contribution >= 4 is 11.8 Å². The van der Waals surface area contributed by atoms with Gasteiger partial charge in [-0.15, -0.1) is 0 Å². The molecule has 1 aliphatic carbocycles. The predicted octanol–water partition coefficient (Wildman–Crippen LogP) is 5.90. The van der Waals surface area contributed by atoms with Gasteiger partial charge in [0.05, 0.1) is 19.3 Å². The van der Waals surface area contributed by atoms with E-state index in [0.717, 1.165) is 22.6 Å². The van der Waals surface area contributed by atoms with Crippen LogP contribution in [0.4, 0.5) is 0 Å². The number of dihydropyridines is 1. The maximum absolute atomic E-state index is 13.9. The first-order valence-electron chi connectivity index (χ1n) is 13.4. The van der Waals surface area contributed by atoms with Gasteiger partial charge in [-0.3, -0.25) is 4.79 Å². The molecule has 0 saturated carbocycles. The van der Waals surface area contributed by atoms with Crippen LogP contribution in [-0.4, -0.2) is 30.6 Å². The standard InChI is InChI=1S/C33H33NO6/c1-4-39-29-18-23(12-15-27(29)35)31-30(33(37)40-19-21-8-6-5-7-9-21)20(2)34-26-16-24(17-28(36)32(26)31)22-10-13-25(38-3)14-11-22/h5-15,18,24,31,34-35H,4,16-17,19H2,1-3H3/t24-,31+/m0/s1. The Morgan fingerprint density at radius 3 is 2.42 bits per heavy atom. The van der Waals surface area contributed by atoms with E-state index >= 15 is 0 Å². The van der Waals surface area contributed by atoms with Crippen LogP contribution in [0.15, 0.2) is 95.3 Å². The fourth-order valence-corrected chi connectivity index (χ4v) is 5.54. The van der Waals surface area contributed by atoms with Crippen LogP contribution in [0, 0.1) is 0 Å². The van der Waals surface area contributed by atoms with Crippen molar-refractivity contribution in [2.75, 3.05) is 13.7 Å². The highest BCUT2D eigenvalue weighted by Crippen LogP contribution is 2.47. The first-order valence-corrected chi connectivity index (χ1v) is 13.4. The Morgan fingerprint density at radius 2 is 1.73 bits per heavy atom. The summed E-state index contributed by atoms with van der Waals surface area (Å²) in [6.07, 6.45) is 0.926. The zero-order valence-corrected chi connectivity index (χ0v) is 22.9. The summed E-state index contributed by atoms with van der Waals surface area (Å²) in [6, 6.07) is 22.2. The minimum Gasteiger partial charge on any atom is -0.504 e. The second-order valence-corrected chi connectivity index (χ2v) is 10.0. The van der Waals surface area contributed by atoms with Crippen LogP contribution in [0.25, 0.3) is 0 Å². The number of ether oxygens (including phenoxy) is 3. The first kappa shape index (κ1) is 27.1. The summed E-state index contributed by atoms with van der Waals surface area (Å²) in [5, 5.41) is 13.7. The van der Waals surface area contributed by atoms with Crippen LogP contribution in [0.2, 0.25) is 0 Å². The Morgan fingerprint density at radius 1 is 1.00 bits per heavy atom. The maximum Gasteiger partial charge on any atom is 0.337 e. The molecule has 0 spiro atoms.